The molecule has 0 unspecified atom stereocenters. The van der Waals surface area contributed by atoms with Crippen molar-refractivity contribution in [2.75, 3.05) is 19.6 Å². The monoisotopic (exact) mass is 291 g/mol. The highest BCUT2D eigenvalue weighted by atomic mass is 16.3. The molecule has 1 saturated heterocycles. The van der Waals surface area contributed by atoms with Crippen LogP contribution in [0.25, 0.3) is 0 Å². The zero-order valence-corrected chi connectivity index (χ0v) is 11.7. The number of rotatable bonds is 4. The van der Waals surface area contributed by atoms with Gasteiger partial charge in [-0.15, -0.1) is 0 Å². The zero-order valence-electron chi connectivity index (χ0n) is 11.7. The van der Waals surface area contributed by atoms with E-state index in [1.54, 1.807) is 19.1 Å². The minimum Gasteiger partial charge on any atom is -0.459 e. The van der Waals surface area contributed by atoms with Crippen molar-refractivity contribution in [2.24, 2.45) is 0 Å². The Morgan fingerprint density at radius 2 is 2.10 bits per heavy atom. The molecule has 112 valence electrons. The first-order valence-corrected chi connectivity index (χ1v) is 6.69. The lowest BCUT2D eigenvalue weighted by molar-refractivity contribution is -0.153. The summed E-state index contributed by atoms with van der Waals surface area (Å²) in [6.07, 6.45) is 5.14. The Bertz CT molecular complexity index is 551. The van der Waals surface area contributed by atoms with Crippen molar-refractivity contribution in [2.45, 2.75) is 13.3 Å². The highest BCUT2D eigenvalue weighted by Gasteiger charge is 2.29. The van der Waals surface area contributed by atoms with Crippen LogP contribution in [0.2, 0.25) is 0 Å². The predicted molar refractivity (Wildman–Crippen MR) is 73.9 cm³/mol. The molecule has 21 heavy (non-hydrogen) atoms. The van der Waals surface area contributed by atoms with Crippen molar-refractivity contribution in [3.8, 4) is 0 Å². The fourth-order valence-electron chi connectivity index (χ4n) is 2.07. The number of carbonyl (C=O) groups is 3. The van der Waals surface area contributed by atoms with E-state index >= 15 is 0 Å². The number of nitrogens with one attached hydrogen (secondary N) is 1. The molecule has 1 aromatic rings. The molecule has 3 amide bonds. The zero-order chi connectivity index (χ0) is 15.2. The largest absolute Gasteiger partial charge is 0.459 e. The average Bonchev–Trinajstić information content (AvgIpc) is 3.14. The Kier molecular flexibility index (Phi) is 4.76. The van der Waals surface area contributed by atoms with Gasteiger partial charge in [0.25, 0.3) is 17.7 Å². The van der Waals surface area contributed by atoms with Crippen LogP contribution in [0.5, 0.6) is 0 Å². The molecule has 0 bridgehead atoms. The Labute approximate surface area is 122 Å². The van der Waals surface area contributed by atoms with Crippen molar-refractivity contribution in [1.29, 1.82) is 0 Å². The maximum absolute atomic E-state index is 12.1. The number of furan rings is 1. The van der Waals surface area contributed by atoms with E-state index in [4.69, 9.17) is 4.42 Å². The number of hydrogen-bond donors (Lipinski definition) is 1. The average molecular weight is 291 g/mol. The normalized spacial score (nSPS) is 14.7. The summed E-state index contributed by atoms with van der Waals surface area (Å²) in [5.74, 6) is -0.879. The third-order valence-electron chi connectivity index (χ3n) is 3.03. The maximum atomic E-state index is 12.1. The predicted octanol–water partition coefficient (Wildman–Crippen LogP) is 0.561. The number of hydrazine groups is 1. The highest BCUT2D eigenvalue weighted by molar-refractivity contribution is 5.95. The van der Waals surface area contributed by atoms with Crippen LogP contribution in [0, 0.1) is 0 Å². The Morgan fingerprint density at radius 1 is 1.33 bits per heavy atom. The summed E-state index contributed by atoms with van der Waals surface area (Å²) in [6.45, 7) is 2.53. The van der Waals surface area contributed by atoms with E-state index in [1.165, 1.54) is 28.4 Å². The molecule has 0 saturated carbocycles. The molecule has 7 heteroatoms. The molecule has 2 heterocycles. The van der Waals surface area contributed by atoms with Gasteiger partial charge in [0.05, 0.1) is 12.8 Å². The third kappa shape index (κ3) is 3.50. The molecular weight excluding hydrogens is 274 g/mol. The van der Waals surface area contributed by atoms with Crippen LogP contribution in [-0.4, -0.2) is 47.4 Å². The lowest BCUT2D eigenvalue weighted by Gasteiger charge is -2.26. The van der Waals surface area contributed by atoms with Gasteiger partial charge in [0, 0.05) is 19.2 Å². The molecule has 0 spiro atoms. The molecule has 0 aliphatic carbocycles. The van der Waals surface area contributed by atoms with Crippen LogP contribution >= 0.6 is 0 Å². The fraction of sp³-hybridized carbons (Fsp3) is 0.357. The van der Waals surface area contributed by atoms with Gasteiger partial charge in [-0.05, 0) is 25.5 Å². The van der Waals surface area contributed by atoms with Crippen molar-refractivity contribution >= 4 is 17.7 Å². The summed E-state index contributed by atoms with van der Waals surface area (Å²) in [5, 5.41) is 5.23. The molecular formula is C14H17N3O4. The van der Waals surface area contributed by atoms with Crippen molar-refractivity contribution in [1.82, 2.24) is 15.3 Å². The van der Waals surface area contributed by atoms with Crippen molar-refractivity contribution < 1.29 is 18.8 Å². The van der Waals surface area contributed by atoms with Gasteiger partial charge in [0.2, 0.25) is 0 Å². The van der Waals surface area contributed by atoms with E-state index in [0.717, 1.165) is 6.42 Å². The standard InChI is InChI=1S/C14H17N3O4/c1-2-5-12(18)16-7-4-8-17(16)13(19)10-15-14(20)11-6-3-9-21-11/h2-3,5-6,9H,4,7-8,10H2,1H3,(H,15,20)/b5-2+. The quantitative estimate of drug-likeness (QED) is 0.822. The van der Waals surface area contributed by atoms with Gasteiger partial charge in [-0.25, -0.2) is 10.0 Å². The number of carbonyl (C=O) groups excluding carboxylic acids is 3. The van der Waals surface area contributed by atoms with Gasteiger partial charge in [-0.3, -0.25) is 14.4 Å². The summed E-state index contributed by atoms with van der Waals surface area (Å²) >= 11 is 0. The maximum Gasteiger partial charge on any atom is 0.287 e. The van der Waals surface area contributed by atoms with Gasteiger partial charge >= 0.3 is 0 Å². The first-order chi connectivity index (χ1) is 10.1. The number of amides is 3. The van der Waals surface area contributed by atoms with Gasteiger partial charge in [0.1, 0.15) is 0 Å². The van der Waals surface area contributed by atoms with Gasteiger partial charge in [-0.1, -0.05) is 6.08 Å². The summed E-state index contributed by atoms with van der Waals surface area (Å²) in [5.41, 5.74) is 0. The Balaban J connectivity index is 1.90. The third-order valence-corrected chi connectivity index (χ3v) is 3.03. The van der Waals surface area contributed by atoms with E-state index < -0.39 is 5.91 Å². The second kappa shape index (κ2) is 6.74. The van der Waals surface area contributed by atoms with Crippen molar-refractivity contribution in [3.05, 3.63) is 36.3 Å². The first kappa shape index (κ1) is 14.8. The molecule has 1 fully saturated rings. The number of hydrogen-bond acceptors (Lipinski definition) is 4. The van der Waals surface area contributed by atoms with Gasteiger partial charge in [0.15, 0.2) is 5.76 Å². The molecule has 1 aromatic heterocycles. The molecule has 1 N–H and O–H groups in total. The lowest BCUT2D eigenvalue weighted by Crippen LogP contribution is -2.48. The van der Waals surface area contributed by atoms with Crippen LogP contribution in [0.15, 0.2) is 35.0 Å². The highest BCUT2D eigenvalue weighted by Crippen LogP contribution is 2.11. The summed E-state index contributed by atoms with van der Waals surface area (Å²) < 4.78 is 4.93. The van der Waals surface area contributed by atoms with Crippen LogP contribution in [0.1, 0.15) is 23.9 Å². The second-order valence-corrected chi connectivity index (χ2v) is 4.49. The summed E-state index contributed by atoms with van der Waals surface area (Å²) in [4.78, 5) is 35.6. The van der Waals surface area contributed by atoms with E-state index in [-0.39, 0.29) is 24.1 Å². The minimum atomic E-state index is -0.459. The van der Waals surface area contributed by atoms with Crippen LogP contribution in [-0.2, 0) is 9.59 Å². The SMILES string of the molecule is C/C=C/C(=O)N1CCCN1C(=O)CNC(=O)c1ccco1. The first-order valence-electron chi connectivity index (χ1n) is 6.69. The van der Waals surface area contributed by atoms with Crippen LogP contribution < -0.4 is 5.32 Å². The number of nitrogens with zero attached hydrogens (tertiary/aromatic N) is 2. The van der Waals surface area contributed by atoms with Crippen LogP contribution in [0.3, 0.4) is 0 Å². The Hall–Kier alpha value is -2.57. The Morgan fingerprint density at radius 3 is 2.76 bits per heavy atom. The molecule has 2 rings (SSSR count). The van der Waals surface area contributed by atoms with Crippen molar-refractivity contribution in [3.63, 3.8) is 0 Å². The van der Waals surface area contributed by atoms with E-state index in [2.05, 4.69) is 5.32 Å². The molecule has 0 atom stereocenters. The summed E-state index contributed by atoms with van der Waals surface area (Å²) in [7, 11) is 0. The molecule has 0 radical (unpaired) electrons. The number of allylic oxidation sites excluding steroid dienone is 1. The topological polar surface area (TPSA) is 82.9 Å². The molecule has 7 nitrogen and oxygen atoms in total. The lowest BCUT2D eigenvalue weighted by atomic mass is 10.4. The van der Waals surface area contributed by atoms with Gasteiger partial charge in [-0.2, -0.15) is 0 Å². The molecule has 1 aliphatic rings. The molecule has 0 aromatic carbocycles. The second-order valence-electron chi connectivity index (χ2n) is 4.49. The molecule has 1 aliphatic heterocycles. The van der Waals surface area contributed by atoms with E-state index in [0.29, 0.717) is 13.1 Å². The fourth-order valence-corrected chi connectivity index (χ4v) is 2.07. The van der Waals surface area contributed by atoms with Gasteiger partial charge < -0.3 is 9.73 Å². The van der Waals surface area contributed by atoms with Crippen LogP contribution in [0.4, 0.5) is 0 Å². The van der Waals surface area contributed by atoms with E-state index in [9.17, 15) is 14.4 Å². The minimum absolute atomic E-state index is 0.145. The smallest absolute Gasteiger partial charge is 0.287 e. The summed E-state index contributed by atoms with van der Waals surface area (Å²) in [6, 6.07) is 3.10. The van der Waals surface area contributed by atoms with E-state index in [1.807, 2.05) is 0 Å².